The van der Waals surface area contributed by atoms with Gasteiger partial charge in [0.15, 0.2) is 0 Å². The number of carbonyl (C=O) groups is 2. The fourth-order valence-corrected chi connectivity index (χ4v) is 2.76. The zero-order valence-corrected chi connectivity index (χ0v) is 11.3. The van der Waals surface area contributed by atoms with Gasteiger partial charge in [-0.25, -0.2) is 0 Å². The van der Waals surface area contributed by atoms with Crippen molar-refractivity contribution in [2.45, 2.75) is 31.9 Å². The van der Waals surface area contributed by atoms with E-state index in [4.69, 9.17) is 0 Å². The molecule has 1 N–H and O–H groups in total. The molecule has 6 heteroatoms. The largest absolute Gasteiger partial charge is 0.392 e. The number of nitrogens with one attached hydrogen (secondary N) is 1. The first-order valence-electron chi connectivity index (χ1n) is 6.84. The highest BCUT2D eigenvalue weighted by Gasteiger charge is 2.47. The van der Waals surface area contributed by atoms with Gasteiger partial charge >= 0.3 is 6.18 Å². The first-order chi connectivity index (χ1) is 9.91. The smallest absolute Gasteiger partial charge is 0.326 e. The minimum absolute atomic E-state index is 0.00400. The lowest BCUT2D eigenvalue weighted by Crippen LogP contribution is -2.39. The van der Waals surface area contributed by atoms with Crippen LogP contribution in [0.15, 0.2) is 24.3 Å². The third-order valence-electron chi connectivity index (χ3n) is 3.81. The number of anilines is 1. The van der Waals surface area contributed by atoms with E-state index < -0.39 is 23.9 Å². The second-order valence-electron chi connectivity index (χ2n) is 5.27. The van der Waals surface area contributed by atoms with E-state index in [1.54, 1.807) is 18.2 Å². The van der Waals surface area contributed by atoms with E-state index >= 15 is 0 Å². The summed E-state index contributed by atoms with van der Waals surface area (Å²) in [5, 5.41) is 2.49. The molecule has 1 aromatic rings. The Morgan fingerprint density at radius 3 is 2.62 bits per heavy atom. The molecule has 114 valence electrons. The van der Waals surface area contributed by atoms with E-state index in [0.29, 0.717) is 30.4 Å². The van der Waals surface area contributed by atoms with Crippen LogP contribution in [-0.4, -0.2) is 18.4 Å². The lowest BCUT2D eigenvalue weighted by molar-refractivity contribution is -0.197. The van der Waals surface area contributed by atoms with Crippen molar-refractivity contribution in [2.75, 3.05) is 5.32 Å². The Labute approximate surface area is 120 Å². The molecule has 0 aliphatic heterocycles. The number of benzene rings is 1. The third-order valence-corrected chi connectivity index (χ3v) is 3.81. The lowest BCUT2D eigenvalue weighted by atomic mass is 9.78. The summed E-state index contributed by atoms with van der Waals surface area (Å²) in [4.78, 5) is 22.8. The van der Waals surface area contributed by atoms with Gasteiger partial charge in [0, 0.05) is 17.2 Å². The van der Waals surface area contributed by atoms with Gasteiger partial charge in [-0.15, -0.1) is 0 Å². The Bertz CT molecular complexity index is 528. The molecule has 3 nitrogen and oxygen atoms in total. The Kier molecular flexibility index (Phi) is 4.65. The van der Waals surface area contributed by atoms with Crippen LogP contribution in [0.4, 0.5) is 18.9 Å². The Hall–Kier alpha value is -1.85. The molecular formula is C15H16F3NO2. The average molecular weight is 299 g/mol. The van der Waals surface area contributed by atoms with Gasteiger partial charge in [-0.1, -0.05) is 25.0 Å². The van der Waals surface area contributed by atoms with E-state index in [1.165, 1.54) is 6.07 Å². The summed E-state index contributed by atoms with van der Waals surface area (Å²) in [5.41, 5.74) is 0.708. The topological polar surface area (TPSA) is 46.2 Å². The van der Waals surface area contributed by atoms with Crippen molar-refractivity contribution in [3.8, 4) is 0 Å². The first kappa shape index (κ1) is 15.5. The van der Waals surface area contributed by atoms with Crippen molar-refractivity contribution in [3.05, 3.63) is 29.8 Å². The second kappa shape index (κ2) is 6.28. The average Bonchev–Trinajstić information content (AvgIpc) is 2.46. The summed E-state index contributed by atoms with van der Waals surface area (Å²) in [6.07, 6.45) is -2.38. The standard InChI is InChI=1S/C15H16F3NO2/c16-15(17,18)13-7-2-1-6-12(13)14(21)19-11-5-3-4-10(8-11)9-20/h3-5,8-9,12-13H,1-2,6-7H2,(H,19,21). The van der Waals surface area contributed by atoms with Crippen LogP contribution in [0.25, 0.3) is 0 Å². The number of halogens is 3. The quantitative estimate of drug-likeness (QED) is 0.863. The highest BCUT2D eigenvalue weighted by molar-refractivity contribution is 5.93. The maximum atomic E-state index is 13.0. The molecule has 2 atom stereocenters. The Morgan fingerprint density at radius 2 is 1.95 bits per heavy atom. The molecule has 2 unspecified atom stereocenters. The third kappa shape index (κ3) is 3.83. The van der Waals surface area contributed by atoms with Gasteiger partial charge in [0.2, 0.25) is 5.91 Å². The van der Waals surface area contributed by atoms with Gasteiger partial charge in [-0.3, -0.25) is 9.59 Å². The van der Waals surface area contributed by atoms with Crippen LogP contribution in [0.2, 0.25) is 0 Å². The number of rotatable bonds is 3. The summed E-state index contributed by atoms with van der Waals surface area (Å²) in [7, 11) is 0. The van der Waals surface area contributed by atoms with E-state index in [1.807, 2.05) is 0 Å². The monoisotopic (exact) mass is 299 g/mol. The molecule has 0 aromatic heterocycles. The summed E-state index contributed by atoms with van der Waals surface area (Å²) in [5.74, 6) is -3.26. The highest BCUT2D eigenvalue weighted by atomic mass is 19.4. The molecule has 0 bridgehead atoms. The zero-order valence-electron chi connectivity index (χ0n) is 11.3. The van der Waals surface area contributed by atoms with Crippen molar-refractivity contribution in [2.24, 2.45) is 11.8 Å². The van der Waals surface area contributed by atoms with Gasteiger partial charge in [0.05, 0.1) is 5.92 Å². The number of alkyl halides is 3. The van der Waals surface area contributed by atoms with Gasteiger partial charge in [0.1, 0.15) is 6.29 Å². The molecule has 0 saturated heterocycles. The van der Waals surface area contributed by atoms with Gasteiger partial charge in [-0.05, 0) is 25.0 Å². The molecule has 21 heavy (non-hydrogen) atoms. The molecule has 0 radical (unpaired) electrons. The SMILES string of the molecule is O=Cc1cccc(NC(=O)C2CCCCC2C(F)(F)F)c1. The fourth-order valence-electron chi connectivity index (χ4n) is 2.76. The first-order valence-corrected chi connectivity index (χ1v) is 6.84. The molecule has 1 amide bonds. The lowest BCUT2D eigenvalue weighted by Gasteiger charge is -2.32. The fraction of sp³-hybridized carbons (Fsp3) is 0.467. The predicted molar refractivity (Wildman–Crippen MR) is 72.0 cm³/mol. The Morgan fingerprint density at radius 1 is 1.24 bits per heavy atom. The second-order valence-corrected chi connectivity index (χ2v) is 5.27. The number of amides is 1. The minimum atomic E-state index is -4.35. The molecule has 1 aromatic carbocycles. The molecule has 1 fully saturated rings. The van der Waals surface area contributed by atoms with Crippen LogP contribution in [0, 0.1) is 11.8 Å². The van der Waals surface area contributed by atoms with Crippen molar-refractivity contribution < 1.29 is 22.8 Å². The van der Waals surface area contributed by atoms with Crippen molar-refractivity contribution in [1.82, 2.24) is 0 Å². The van der Waals surface area contributed by atoms with E-state index in [9.17, 15) is 22.8 Å². The number of hydrogen-bond acceptors (Lipinski definition) is 2. The van der Waals surface area contributed by atoms with Gasteiger partial charge in [0.25, 0.3) is 0 Å². The molecule has 1 aliphatic rings. The molecule has 1 aliphatic carbocycles. The van der Waals surface area contributed by atoms with Crippen LogP contribution in [0.3, 0.4) is 0 Å². The van der Waals surface area contributed by atoms with Crippen LogP contribution in [0.1, 0.15) is 36.0 Å². The van der Waals surface area contributed by atoms with Crippen molar-refractivity contribution >= 4 is 17.9 Å². The molecule has 1 saturated carbocycles. The number of hydrogen-bond donors (Lipinski definition) is 1. The molecule has 0 spiro atoms. The highest BCUT2D eigenvalue weighted by Crippen LogP contribution is 2.41. The maximum Gasteiger partial charge on any atom is 0.392 e. The van der Waals surface area contributed by atoms with Crippen LogP contribution < -0.4 is 5.32 Å². The number of carbonyl (C=O) groups excluding carboxylic acids is 2. The molecule has 2 rings (SSSR count). The summed E-state index contributed by atoms with van der Waals surface area (Å²) in [6.45, 7) is 0. The molecular weight excluding hydrogens is 283 g/mol. The summed E-state index contributed by atoms with van der Waals surface area (Å²) < 4.78 is 38.9. The minimum Gasteiger partial charge on any atom is -0.326 e. The van der Waals surface area contributed by atoms with Crippen LogP contribution >= 0.6 is 0 Å². The summed E-state index contributed by atoms with van der Waals surface area (Å²) >= 11 is 0. The van der Waals surface area contributed by atoms with Crippen LogP contribution in [-0.2, 0) is 4.79 Å². The van der Waals surface area contributed by atoms with E-state index in [0.717, 1.165) is 0 Å². The maximum absolute atomic E-state index is 13.0. The zero-order chi connectivity index (χ0) is 15.5. The molecule has 0 heterocycles. The predicted octanol–water partition coefficient (Wildman–Crippen LogP) is 3.81. The van der Waals surface area contributed by atoms with Gasteiger partial charge < -0.3 is 5.32 Å². The number of aldehydes is 1. The van der Waals surface area contributed by atoms with Crippen molar-refractivity contribution in [3.63, 3.8) is 0 Å². The van der Waals surface area contributed by atoms with E-state index in [-0.39, 0.29) is 12.8 Å². The normalized spacial score (nSPS) is 22.6. The van der Waals surface area contributed by atoms with Crippen LogP contribution in [0.5, 0.6) is 0 Å². The van der Waals surface area contributed by atoms with Crippen molar-refractivity contribution in [1.29, 1.82) is 0 Å². The Balaban J connectivity index is 2.12. The van der Waals surface area contributed by atoms with Gasteiger partial charge in [-0.2, -0.15) is 13.2 Å². The summed E-state index contributed by atoms with van der Waals surface area (Å²) in [6, 6.07) is 6.12. The van der Waals surface area contributed by atoms with E-state index in [2.05, 4.69) is 5.32 Å².